The van der Waals surface area contributed by atoms with E-state index in [9.17, 15) is 0 Å². The van der Waals surface area contributed by atoms with Crippen molar-refractivity contribution in [1.29, 1.82) is 0 Å². The monoisotopic (exact) mass is 832 g/mol. The zero-order valence-corrected chi connectivity index (χ0v) is 32.0. The first-order chi connectivity index (χ1) is 23.6. The van der Waals surface area contributed by atoms with E-state index in [1.165, 1.54) is 57.5 Å². The van der Waals surface area contributed by atoms with Crippen LogP contribution in [0.3, 0.4) is 0 Å². The maximum Gasteiger partial charge on any atom is 0.216 e. The summed E-state index contributed by atoms with van der Waals surface area (Å²) < 4.78 is 6.43. The first kappa shape index (κ1) is 34.0. The average Bonchev–Trinajstić information content (AvgIpc) is 3.66. The van der Waals surface area contributed by atoms with Gasteiger partial charge in [0.1, 0.15) is 0 Å². The zero-order chi connectivity index (χ0) is 33.9. The van der Waals surface area contributed by atoms with Crippen LogP contribution in [0, 0.1) is 39.8 Å². The molecular weight excluding hydrogens is 791 g/mol. The number of benzene rings is 3. The van der Waals surface area contributed by atoms with Crippen LogP contribution < -0.4 is 0 Å². The Morgan fingerprint density at radius 2 is 1.38 bits per heavy atom. The van der Waals surface area contributed by atoms with Crippen molar-refractivity contribution in [3.05, 3.63) is 148 Å². The summed E-state index contributed by atoms with van der Waals surface area (Å²) >= 11 is 0. The summed E-state index contributed by atoms with van der Waals surface area (Å²) in [5.74, 6) is 0. The van der Waals surface area contributed by atoms with Crippen LogP contribution in [0.4, 0.5) is 0 Å². The number of hydrogen-bond acceptors (Lipinski definition) is 4. The fourth-order valence-corrected chi connectivity index (χ4v) is 7.80. The molecule has 9 rings (SSSR count). The number of pyridine rings is 3. The second-order valence-corrected chi connectivity index (χ2v) is 14.8. The van der Waals surface area contributed by atoms with E-state index < -0.39 is 0 Å². The van der Waals surface area contributed by atoms with Crippen molar-refractivity contribution in [3.63, 3.8) is 0 Å². The minimum atomic E-state index is 0. The molecule has 4 heterocycles. The number of aromatic nitrogens is 3. The molecule has 0 N–H and O–H groups in total. The molecule has 3 aromatic carbocycles. The topological polar surface area (TPSA) is 51.8 Å². The molecule has 4 nitrogen and oxygen atoms in total. The van der Waals surface area contributed by atoms with E-state index in [0.717, 1.165) is 57.4 Å². The summed E-state index contributed by atoms with van der Waals surface area (Å²) in [5, 5.41) is 2.19. The Balaban J connectivity index is 0.000000220. The van der Waals surface area contributed by atoms with Crippen molar-refractivity contribution in [2.24, 2.45) is 0 Å². The van der Waals surface area contributed by atoms with Gasteiger partial charge in [-0.1, -0.05) is 72.3 Å². The van der Waals surface area contributed by atoms with Crippen LogP contribution in [0.5, 0.6) is 0 Å². The zero-order valence-electron chi connectivity index (χ0n) is 29.6. The Hall–Kier alpha value is -4.44. The number of furan rings is 1. The molecule has 5 heteroatoms. The van der Waals surface area contributed by atoms with Gasteiger partial charge in [0.25, 0.3) is 0 Å². The molecule has 1 unspecified atom stereocenters. The van der Waals surface area contributed by atoms with E-state index in [-0.39, 0.29) is 30.9 Å². The fourth-order valence-electron chi connectivity index (χ4n) is 7.80. The van der Waals surface area contributed by atoms with E-state index in [0.29, 0.717) is 0 Å². The van der Waals surface area contributed by atoms with Gasteiger partial charge in [-0.25, -0.2) is 4.98 Å². The molecule has 2 aliphatic carbocycles. The minimum absolute atomic E-state index is 0. The molecule has 0 bridgehead atoms. The molecule has 1 spiro atoms. The first-order valence-electron chi connectivity index (χ1n) is 17.3. The van der Waals surface area contributed by atoms with Gasteiger partial charge in [0.2, 0.25) is 5.71 Å². The number of rotatable bonds is 2. The van der Waals surface area contributed by atoms with Crippen molar-refractivity contribution >= 4 is 22.1 Å². The minimum Gasteiger partial charge on any atom is -0.486 e. The summed E-state index contributed by atoms with van der Waals surface area (Å²) in [6.45, 7) is 13.1. The van der Waals surface area contributed by atoms with E-state index in [1.54, 1.807) is 0 Å². The van der Waals surface area contributed by atoms with Crippen LogP contribution in [-0.2, 0) is 43.8 Å². The molecule has 0 saturated heterocycles. The van der Waals surface area contributed by atoms with Crippen molar-refractivity contribution < 1.29 is 24.5 Å². The van der Waals surface area contributed by atoms with Crippen molar-refractivity contribution in [3.8, 4) is 22.5 Å². The van der Waals surface area contributed by atoms with Gasteiger partial charge in [0, 0.05) is 55.4 Å². The van der Waals surface area contributed by atoms with Crippen molar-refractivity contribution in [1.82, 2.24) is 15.0 Å². The standard InChI is InChI=1S/C32H29N2O.C13H12N.Ir/c1-19-14-27(33-18-20(19)2)23-9-7-8-22-24-15-21-16-32(17-28(21)34-30(24)35-29(22)23)13-12-31(3,4)25-10-5-6-11-26(25)32;1-10-8-13(14-9-11(10)2)12-6-4-3-5-7-12;/h5-8,10-11,14-15,18H,12-13,16-17H2,1-4H3;3-6,8-9H,1-2H3;/q2*-1;. The smallest absolute Gasteiger partial charge is 0.216 e. The van der Waals surface area contributed by atoms with Gasteiger partial charge in [0.15, 0.2) is 0 Å². The summed E-state index contributed by atoms with van der Waals surface area (Å²) in [6, 6.07) is 34.2. The molecule has 50 heavy (non-hydrogen) atoms. The molecule has 0 amide bonds. The van der Waals surface area contributed by atoms with Crippen LogP contribution in [-0.4, -0.2) is 15.0 Å². The number of nitrogens with zero attached hydrogens (tertiary/aromatic N) is 3. The van der Waals surface area contributed by atoms with E-state index in [4.69, 9.17) is 9.40 Å². The van der Waals surface area contributed by atoms with E-state index in [2.05, 4.69) is 112 Å². The molecule has 1 radical (unpaired) electrons. The maximum absolute atomic E-state index is 6.43. The van der Waals surface area contributed by atoms with E-state index >= 15 is 0 Å². The molecule has 0 saturated carbocycles. The molecule has 7 aromatic rings. The molecular formula is C45H41IrN3O-2. The molecule has 0 aliphatic heterocycles. The molecule has 0 fully saturated rings. The van der Waals surface area contributed by atoms with Crippen LogP contribution in [0.15, 0.2) is 95.7 Å². The second-order valence-electron chi connectivity index (χ2n) is 14.8. The summed E-state index contributed by atoms with van der Waals surface area (Å²) in [5.41, 5.74) is 16.3. The Kier molecular flexibility index (Phi) is 8.87. The largest absolute Gasteiger partial charge is 0.486 e. The van der Waals surface area contributed by atoms with Crippen LogP contribution >= 0.6 is 0 Å². The maximum atomic E-state index is 6.43. The first-order valence-corrected chi connectivity index (χ1v) is 17.3. The number of hydrogen-bond donors (Lipinski definition) is 0. The Labute approximate surface area is 308 Å². The van der Waals surface area contributed by atoms with Gasteiger partial charge in [-0.05, 0) is 97.6 Å². The normalized spacial score (nSPS) is 17.2. The van der Waals surface area contributed by atoms with Gasteiger partial charge in [-0.2, -0.15) is 0 Å². The molecule has 253 valence electrons. The van der Waals surface area contributed by atoms with Gasteiger partial charge < -0.3 is 14.4 Å². The van der Waals surface area contributed by atoms with E-state index in [1.807, 2.05) is 42.7 Å². The SMILES string of the molecule is Cc1cnc(-c2[c-]ccc3c2oc2nc4c(cc23)CC2(CCC(C)(C)c3ccccc32)C4)cc1C.Cc1cnc(-c2[c-]cccc2)cc1C.[Ir]. The number of fused-ring (bicyclic) bond motifs is 6. The van der Waals surface area contributed by atoms with Crippen LogP contribution in [0.2, 0.25) is 0 Å². The Morgan fingerprint density at radius 1 is 0.680 bits per heavy atom. The third-order valence-electron chi connectivity index (χ3n) is 11.1. The van der Waals surface area contributed by atoms with Gasteiger partial charge in [0.05, 0.1) is 5.58 Å². The van der Waals surface area contributed by atoms with Gasteiger partial charge >= 0.3 is 0 Å². The fraction of sp³-hybridized carbons (Fsp3) is 0.267. The van der Waals surface area contributed by atoms with Gasteiger partial charge in [-0.15, -0.1) is 54.1 Å². The molecule has 2 aliphatic rings. The third kappa shape index (κ3) is 5.91. The second kappa shape index (κ2) is 13.0. The predicted octanol–water partition coefficient (Wildman–Crippen LogP) is 10.7. The van der Waals surface area contributed by atoms with Gasteiger partial charge in [-0.3, -0.25) is 0 Å². The average molecular weight is 832 g/mol. The number of aryl methyl sites for hydroxylation is 4. The predicted molar refractivity (Wildman–Crippen MR) is 199 cm³/mol. The summed E-state index contributed by atoms with van der Waals surface area (Å²) in [7, 11) is 0. The third-order valence-corrected chi connectivity index (χ3v) is 11.1. The van der Waals surface area contributed by atoms with Crippen LogP contribution in [0.1, 0.15) is 71.3 Å². The quantitative estimate of drug-likeness (QED) is 0.163. The van der Waals surface area contributed by atoms with Crippen molar-refractivity contribution in [2.75, 3.05) is 0 Å². The summed E-state index contributed by atoms with van der Waals surface area (Å²) in [6.07, 6.45) is 8.28. The van der Waals surface area contributed by atoms with Crippen LogP contribution in [0.25, 0.3) is 44.6 Å². The molecule has 4 aromatic heterocycles. The molecule has 1 atom stereocenters. The Bertz CT molecular complexity index is 2370. The van der Waals surface area contributed by atoms with Crippen molar-refractivity contribution in [2.45, 2.75) is 78.1 Å². The Morgan fingerprint density at radius 3 is 2.10 bits per heavy atom. The summed E-state index contributed by atoms with van der Waals surface area (Å²) in [4.78, 5) is 14.2.